The third-order valence-corrected chi connectivity index (χ3v) is 5.30. The summed E-state index contributed by atoms with van der Waals surface area (Å²) in [4.78, 5) is 35.6. The van der Waals surface area contributed by atoms with E-state index in [-0.39, 0.29) is 17.7 Å². The zero-order valence-corrected chi connectivity index (χ0v) is 14.2. The summed E-state index contributed by atoms with van der Waals surface area (Å²) in [5, 5.41) is 14.8. The molecule has 3 N–H and O–H groups in total. The predicted molar refractivity (Wildman–Crippen MR) is 94.1 cm³/mol. The second kappa shape index (κ2) is 7.68. The van der Waals surface area contributed by atoms with Crippen LogP contribution in [0.5, 0.6) is 0 Å². The van der Waals surface area contributed by atoms with Gasteiger partial charge in [-0.05, 0) is 43.9 Å². The molecule has 0 radical (unpaired) electrons. The number of carboxylic acids is 1. The van der Waals surface area contributed by atoms with Gasteiger partial charge in [-0.1, -0.05) is 25.3 Å². The Balaban J connectivity index is 1.58. The van der Waals surface area contributed by atoms with Crippen molar-refractivity contribution in [3.8, 4) is 0 Å². The quantitative estimate of drug-likeness (QED) is 0.764. The normalized spacial score (nSPS) is 23.4. The van der Waals surface area contributed by atoms with Gasteiger partial charge in [0.25, 0.3) is 0 Å². The molecule has 2 atom stereocenters. The van der Waals surface area contributed by atoms with Crippen LogP contribution in [0.15, 0.2) is 24.3 Å². The molecule has 0 heterocycles. The van der Waals surface area contributed by atoms with E-state index in [1.807, 2.05) is 0 Å². The van der Waals surface area contributed by atoms with Gasteiger partial charge in [0.1, 0.15) is 0 Å². The summed E-state index contributed by atoms with van der Waals surface area (Å²) in [5.41, 5.74) is 1.22. The molecule has 0 aromatic heterocycles. The Morgan fingerprint density at radius 3 is 2.00 bits per heavy atom. The Labute approximate surface area is 147 Å². The van der Waals surface area contributed by atoms with E-state index in [0.29, 0.717) is 24.2 Å². The van der Waals surface area contributed by atoms with Crippen molar-refractivity contribution in [3.05, 3.63) is 24.3 Å². The SMILES string of the molecule is O=C(Nc1cccc(NC(=O)C2CCC2C(=O)O)c1)C1CCCCC1. The molecular weight excluding hydrogens is 320 g/mol. The molecule has 25 heavy (non-hydrogen) atoms. The van der Waals surface area contributed by atoms with Crippen LogP contribution in [0.3, 0.4) is 0 Å². The fourth-order valence-electron chi connectivity index (χ4n) is 3.63. The van der Waals surface area contributed by atoms with Crippen molar-refractivity contribution in [2.75, 3.05) is 10.6 Å². The van der Waals surface area contributed by atoms with Gasteiger partial charge in [-0.15, -0.1) is 0 Å². The summed E-state index contributed by atoms with van der Waals surface area (Å²) in [7, 11) is 0. The molecule has 1 aromatic carbocycles. The van der Waals surface area contributed by atoms with Gasteiger partial charge in [0.05, 0.1) is 11.8 Å². The molecule has 3 rings (SSSR count). The first kappa shape index (κ1) is 17.5. The van der Waals surface area contributed by atoms with Crippen molar-refractivity contribution >= 4 is 29.2 Å². The standard InChI is InChI=1S/C19H24N2O4/c22-17(12-5-2-1-3-6-12)20-13-7-4-8-14(11-13)21-18(23)15-9-10-16(15)19(24)25/h4,7-8,11-12,15-16H,1-3,5-6,9-10H2,(H,20,22)(H,21,23)(H,24,25). The van der Waals surface area contributed by atoms with Crippen LogP contribution < -0.4 is 10.6 Å². The van der Waals surface area contributed by atoms with Gasteiger partial charge in [0.2, 0.25) is 11.8 Å². The zero-order valence-electron chi connectivity index (χ0n) is 14.2. The van der Waals surface area contributed by atoms with Crippen molar-refractivity contribution in [2.24, 2.45) is 17.8 Å². The molecule has 2 fully saturated rings. The molecule has 0 bridgehead atoms. The first-order chi connectivity index (χ1) is 12.0. The Morgan fingerprint density at radius 1 is 0.840 bits per heavy atom. The monoisotopic (exact) mass is 344 g/mol. The Hall–Kier alpha value is -2.37. The maximum atomic E-state index is 12.3. The first-order valence-corrected chi connectivity index (χ1v) is 8.99. The van der Waals surface area contributed by atoms with Crippen LogP contribution in [0.25, 0.3) is 0 Å². The number of amides is 2. The van der Waals surface area contributed by atoms with Crippen LogP contribution in [0.4, 0.5) is 11.4 Å². The Bertz CT molecular complexity index is 667. The molecule has 2 aliphatic carbocycles. The van der Waals surface area contributed by atoms with Gasteiger partial charge >= 0.3 is 5.97 Å². The summed E-state index contributed by atoms with van der Waals surface area (Å²) >= 11 is 0. The number of carbonyl (C=O) groups excluding carboxylic acids is 2. The fourth-order valence-corrected chi connectivity index (χ4v) is 3.63. The van der Waals surface area contributed by atoms with Crippen molar-refractivity contribution < 1.29 is 19.5 Å². The fraction of sp³-hybridized carbons (Fsp3) is 0.526. The minimum Gasteiger partial charge on any atom is -0.481 e. The highest BCUT2D eigenvalue weighted by atomic mass is 16.4. The summed E-state index contributed by atoms with van der Waals surface area (Å²) in [6, 6.07) is 7.01. The number of benzene rings is 1. The van der Waals surface area contributed by atoms with Crippen LogP contribution in [0.1, 0.15) is 44.9 Å². The average molecular weight is 344 g/mol. The largest absolute Gasteiger partial charge is 0.481 e. The molecule has 0 spiro atoms. The number of carbonyl (C=O) groups is 3. The van der Waals surface area contributed by atoms with Crippen LogP contribution in [0, 0.1) is 17.8 Å². The third-order valence-electron chi connectivity index (χ3n) is 5.30. The highest BCUT2D eigenvalue weighted by molar-refractivity contribution is 5.97. The maximum absolute atomic E-state index is 12.3. The summed E-state index contributed by atoms with van der Waals surface area (Å²) < 4.78 is 0. The minimum absolute atomic E-state index is 0.0353. The summed E-state index contributed by atoms with van der Waals surface area (Å²) in [6.45, 7) is 0. The van der Waals surface area contributed by atoms with Gasteiger partial charge in [-0.2, -0.15) is 0 Å². The number of nitrogens with one attached hydrogen (secondary N) is 2. The van der Waals surface area contributed by atoms with E-state index in [2.05, 4.69) is 10.6 Å². The second-order valence-corrected chi connectivity index (χ2v) is 7.02. The van der Waals surface area contributed by atoms with Crippen molar-refractivity contribution in [2.45, 2.75) is 44.9 Å². The maximum Gasteiger partial charge on any atom is 0.307 e. The lowest BCUT2D eigenvalue weighted by atomic mass is 9.73. The average Bonchev–Trinajstić information content (AvgIpc) is 2.54. The van der Waals surface area contributed by atoms with Gasteiger partial charge in [-0.25, -0.2) is 0 Å². The van der Waals surface area contributed by atoms with E-state index in [0.717, 1.165) is 25.7 Å². The Kier molecular flexibility index (Phi) is 5.36. The molecule has 0 saturated heterocycles. The van der Waals surface area contributed by atoms with Gasteiger partial charge < -0.3 is 15.7 Å². The first-order valence-electron chi connectivity index (χ1n) is 8.99. The predicted octanol–water partition coefficient (Wildman–Crippen LogP) is 3.25. The van der Waals surface area contributed by atoms with Crippen molar-refractivity contribution in [3.63, 3.8) is 0 Å². The lowest BCUT2D eigenvalue weighted by molar-refractivity contribution is -0.151. The number of aliphatic carboxylic acids is 1. The topological polar surface area (TPSA) is 95.5 Å². The summed E-state index contributed by atoms with van der Waals surface area (Å²) in [5.74, 6) is -2.15. The van der Waals surface area contributed by atoms with E-state index in [9.17, 15) is 14.4 Å². The highest BCUT2D eigenvalue weighted by Crippen LogP contribution is 2.35. The smallest absolute Gasteiger partial charge is 0.307 e. The molecule has 0 aliphatic heterocycles. The number of carboxylic acid groups (broad SMARTS) is 1. The minimum atomic E-state index is -0.917. The number of hydrogen-bond donors (Lipinski definition) is 3. The van der Waals surface area contributed by atoms with Crippen molar-refractivity contribution in [1.29, 1.82) is 0 Å². The molecule has 2 aliphatic rings. The number of anilines is 2. The molecule has 6 nitrogen and oxygen atoms in total. The van der Waals surface area contributed by atoms with Crippen LogP contribution >= 0.6 is 0 Å². The zero-order chi connectivity index (χ0) is 17.8. The lowest BCUT2D eigenvalue weighted by Crippen LogP contribution is -2.41. The number of rotatable bonds is 5. The van der Waals surface area contributed by atoms with Crippen molar-refractivity contribution in [1.82, 2.24) is 0 Å². The van der Waals surface area contributed by atoms with E-state index in [4.69, 9.17) is 5.11 Å². The molecule has 1 aromatic rings. The Morgan fingerprint density at radius 2 is 1.44 bits per heavy atom. The molecule has 2 saturated carbocycles. The third kappa shape index (κ3) is 4.18. The van der Waals surface area contributed by atoms with E-state index >= 15 is 0 Å². The van der Waals surface area contributed by atoms with Gasteiger partial charge in [-0.3, -0.25) is 14.4 Å². The van der Waals surface area contributed by atoms with Gasteiger partial charge in [0, 0.05) is 17.3 Å². The van der Waals surface area contributed by atoms with Crippen LogP contribution in [0.2, 0.25) is 0 Å². The molecular formula is C19H24N2O4. The van der Waals surface area contributed by atoms with E-state index in [1.165, 1.54) is 6.42 Å². The lowest BCUT2D eigenvalue weighted by Gasteiger charge is -2.31. The van der Waals surface area contributed by atoms with Gasteiger partial charge in [0.15, 0.2) is 0 Å². The van der Waals surface area contributed by atoms with Crippen LogP contribution in [-0.2, 0) is 14.4 Å². The molecule has 134 valence electrons. The van der Waals surface area contributed by atoms with E-state index in [1.54, 1.807) is 24.3 Å². The van der Waals surface area contributed by atoms with E-state index < -0.39 is 17.8 Å². The van der Waals surface area contributed by atoms with Crippen LogP contribution in [-0.4, -0.2) is 22.9 Å². The number of hydrogen-bond acceptors (Lipinski definition) is 3. The molecule has 2 unspecified atom stereocenters. The summed E-state index contributed by atoms with van der Waals surface area (Å²) in [6.07, 6.45) is 6.40. The molecule has 6 heteroatoms. The highest BCUT2D eigenvalue weighted by Gasteiger charge is 2.41. The molecule has 2 amide bonds. The second-order valence-electron chi connectivity index (χ2n) is 7.02.